The zero-order valence-electron chi connectivity index (χ0n) is 11.8. The Morgan fingerprint density at radius 3 is 2.55 bits per heavy atom. The monoisotopic (exact) mass is 297 g/mol. The zero-order chi connectivity index (χ0) is 14.9. The molecule has 0 bridgehead atoms. The molecule has 1 aromatic heterocycles. The molecule has 6 nitrogen and oxygen atoms in total. The van der Waals surface area contributed by atoms with Crippen molar-refractivity contribution in [3.63, 3.8) is 0 Å². The number of hydrogen-bond donors (Lipinski definition) is 3. The standard InChI is InChI=1S/C13H19N3O3S/c1-7-8(2)20-10(15-7)6-14-12(19)16-13(3,11(17)18)9-4-5-9/h9H,4-6H2,1-3H3,(H,17,18)(H2,14,16,19). The number of carbonyl (C=O) groups excluding carboxylic acids is 1. The van der Waals surface area contributed by atoms with Crippen molar-refractivity contribution in [1.82, 2.24) is 15.6 Å². The van der Waals surface area contributed by atoms with Crippen LogP contribution >= 0.6 is 11.3 Å². The fraction of sp³-hybridized carbons (Fsp3) is 0.615. The summed E-state index contributed by atoms with van der Waals surface area (Å²) in [5.74, 6) is -0.966. The Balaban J connectivity index is 1.90. The van der Waals surface area contributed by atoms with Crippen molar-refractivity contribution in [1.29, 1.82) is 0 Å². The maximum absolute atomic E-state index is 11.9. The molecule has 2 amide bonds. The maximum Gasteiger partial charge on any atom is 0.329 e. The molecule has 1 saturated carbocycles. The molecule has 1 aliphatic rings. The van der Waals surface area contributed by atoms with Crippen LogP contribution in [0.5, 0.6) is 0 Å². The van der Waals surface area contributed by atoms with Gasteiger partial charge in [0.05, 0.1) is 12.2 Å². The van der Waals surface area contributed by atoms with Crippen LogP contribution in [0, 0.1) is 19.8 Å². The molecule has 2 rings (SSSR count). The van der Waals surface area contributed by atoms with Gasteiger partial charge in [-0.3, -0.25) is 0 Å². The van der Waals surface area contributed by atoms with Gasteiger partial charge in [-0.15, -0.1) is 11.3 Å². The molecule has 1 fully saturated rings. The fourth-order valence-electron chi connectivity index (χ4n) is 2.04. The van der Waals surface area contributed by atoms with Gasteiger partial charge >= 0.3 is 12.0 Å². The second-order valence-corrected chi connectivity index (χ2v) is 6.63. The molecule has 3 N–H and O–H groups in total. The van der Waals surface area contributed by atoms with Crippen LogP contribution in [-0.2, 0) is 11.3 Å². The summed E-state index contributed by atoms with van der Waals surface area (Å²) in [5.41, 5.74) is -0.223. The van der Waals surface area contributed by atoms with Crippen molar-refractivity contribution in [3.05, 3.63) is 15.6 Å². The summed E-state index contributed by atoms with van der Waals surface area (Å²) >= 11 is 1.53. The van der Waals surface area contributed by atoms with Gasteiger partial charge in [-0.25, -0.2) is 14.6 Å². The summed E-state index contributed by atoms with van der Waals surface area (Å²) in [4.78, 5) is 28.6. The first-order chi connectivity index (χ1) is 9.33. The zero-order valence-corrected chi connectivity index (χ0v) is 12.6. The van der Waals surface area contributed by atoms with Gasteiger partial charge in [0.2, 0.25) is 0 Å². The average Bonchev–Trinajstić information content (AvgIpc) is 3.15. The summed E-state index contributed by atoms with van der Waals surface area (Å²) in [7, 11) is 0. The fourth-order valence-corrected chi connectivity index (χ4v) is 2.92. The van der Waals surface area contributed by atoms with E-state index < -0.39 is 17.5 Å². The van der Waals surface area contributed by atoms with Crippen LogP contribution < -0.4 is 10.6 Å². The van der Waals surface area contributed by atoms with E-state index in [9.17, 15) is 14.7 Å². The number of urea groups is 1. The van der Waals surface area contributed by atoms with E-state index in [2.05, 4.69) is 15.6 Å². The minimum atomic E-state index is -1.18. The Hall–Kier alpha value is -1.63. The maximum atomic E-state index is 11.9. The molecule has 7 heteroatoms. The van der Waals surface area contributed by atoms with Gasteiger partial charge in [0.25, 0.3) is 0 Å². The van der Waals surface area contributed by atoms with Crippen LogP contribution in [0.3, 0.4) is 0 Å². The molecule has 1 unspecified atom stereocenters. The third-order valence-electron chi connectivity index (χ3n) is 3.68. The Morgan fingerprint density at radius 1 is 1.45 bits per heavy atom. The minimum Gasteiger partial charge on any atom is -0.480 e. The van der Waals surface area contributed by atoms with Crippen molar-refractivity contribution < 1.29 is 14.7 Å². The number of carboxylic acid groups (broad SMARTS) is 1. The Kier molecular flexibility index (Phi) is 3.99. The van der Waals surface area contributed by atoms with Crippen LogP contribution in [0.2, 0.25) is 0 Å². The lowest BCUT2D eigenvalue weighted by Crippen LogP contribution is -2.56. The van der Waals surface area contributed by atoms with E-state index >= 15 is 0 Å². The molecule has 0 aromatic carbocycles. The largest absolute Gasteiger partial charge is 0.480 e. The lowest BCUT2D eigenvalue weighted by Gasteiger charge is -2.26. The summed E-state index contributed by atoms with van der Waals surface area (Å²) < 4.78 is 0. The lowest BCUT2D eigenvalue weighted by molar-refractivity contribution is -0.144. The van der Waals surface area contributed by atoms with Crippen molar-refractivity contribution in [2.45, 2.75) is 45.7 Å². The van der Waals surface area contributed by atoms with Gasteiger partial charge in [0, 0.05) is 4.88 Å². The van der Waals surface area contributed by atoms with Gasteiger partial charge < -0.3 is 15.7 Å². The molecule has 110 valence electrons. The summed E-state index contributed by atoms with van der Waals surface area (Å²) in [6, 6.07) is -0.465. The number of nitrogens with zero attached hydrogens (tertiary/aromatic N) is 1. The molecule has 1 aromatic rings. The van der Waals surface area contributed by atoms with Gasteiger partial charge in [0.15, 0.2) is 0 Å². The van der Waals surface area contributed by atoms with E-state index in [0.29, 0.717) is 6.54 Å². The number of aromatic nitrogens is 1. The SMILES string of the molecule is Cc1nc(CNC(=O)NC(C)(C(=O)O)C2CC2)sc1C. The molecule has 0 radical (unpaired) electrons. The number of carbonyl (C=O) groups is 2. The predicted octanol–water partition coefficient (Wildman–Crippen LogP) is 1.81. The number of rotatable bonds is 5. The first-order valence-electron chi connectivity index (χ1n) is 6.55. The van der Waals surface area contributed by atoms with Crippen LogP contribution in [-0.4, -0.2) is 27.6 Å². The topological polar surface area (TPSA) is 91.3 Å². The second kappa shape index (κ2) is 5.40. The van der Waals surface area contributed by atoms with Gasteiger partial charge in [-0.2, -0.15) is 0 Å². The highest BCUT2D eigenvalue weighted by Gasteiger charge is 2.48. The first kappa shape index (κ1) is 14.8. The number of carboxylic acids is 1. The quantitative estimate of drug-likeness (QED) is 0.773. The molecular weight excluding hydrogens is 278 g/mol. The van der Waals surface area contributed by atoms with E-state index in [1.54, 1.807) is 6.92 Å². The third kappa shape index (κ3) is 3.09. The first-order valence-corrected chi connectivity index (χ1v) is 7.37. The van der Waals surface area contributed by atoms with E-state index in [4.69, 9.17) is 0 Å². The molecule has 1 aliphatic carbocycles. The summed E-state index contributed by atoms with van der Waals surface area (Å²) in [5, 5.41) is 15.3. The molecule has 0 saturated heterocycles. The second-order valence-electron chi connectivity index (χ2n) is 5.34. The van der Waals surface area contributed by atoms with Gasteiger partial charge in [0.1, 0.15) is 10.5 Å². The Morgan fingerprint density at radius 2 is 2.10 bits per heavy atom. The highest BCUT2D eigenvalue weighted by Crippen LogP contribution is 2.39. The number of hydrogen-bond acceptors (Lipinski definition) is 4. The smallest absolute Gasteiger partial charge is 0.329 e. The molecule has 20 heavy (non-hydrogen) atoms. The molecular formula is C13H19N3O3S. The summed E-state index contributed by atoms with van der Waals surface area (Å²) in [6.45, 7) is 5.77. The van der Waals surface area contributed by atoms with Gasteiger partial charge in [-0.05, 0) is 39.5 Å². The minimum absolute atomic E-state index is 0.0232. The number of aryl methyl sites for hydroxylation is 2. The highest BCUT2D eigenvalue weighted by molar-refractivity contribution is 7.11. The van der Waals surface area contributed by atoms with Gasteiger partial charge in [-0.1, -0.05) is 0 Å². The van der Waals surface area contributed by atoms with Crippen molar-refractivity contribution in [2.75, 3.05) is 0 Å². The summed E-state index contributed by atoms with van der Waals surface area (Å²) in [6.07, 6.45) is 1.68. The molecule has 1 heterocycles. The predicted molar refractivity (Wildman–Crippen MR) is 75.7 cm³/mol. The van der Waals surface area contributed by atoms with Crippen molar-refractivity contribution in [2.24, 2.45) is 5.92 Å². The number of amides is 2. The van der Waals surface area contributed by atoms with Crippen LogP contribution in [0.4, 0.5) is 4.79 Å². The number of aliphatic carboxylic acids is 1. The van der Waals surface area contributed by atoms with E-state index in [0.717, 1.165) is 28.4 Å². The van der Waals surface area contributed by atoms with E-state index in [-0.39, 0.29) is 5.92 Å². The highest BCUT2D eigenvalue weighted by atomic mass is 32.1. The molecule has 0 spiro atoms. The van der Waals surface area contributed by atoms with Crippen LogP contribution in [0.25, 0.3) is 0 Å². The molecule has 1 atom stereocenters. The third-order valence-corrected chi connectivity index (χ3v) is 4.76. The number of nitrogens with one attached hydrogen (secondary N) is 2. The van der Waals surface area contributed by atoms with E-state index in [1.165, 1.54) is 11.3 Å². The van der Waals surface area contributed by atoms with Crippen LogP contribution in [0.15, 0.2) is 0 Å². The molecule has 0 aliphatic heterocycles. The normalized spacial score (nSPS) is 17.4. The van der Waals surface area contributed by atoms with Crippen molar-refractivity contribution in [3.8, 4) is 0 Å². The Bertz CT molecular complexity index is 519. The van der Waals surface area contributed by atoms with Crippen LogP contribution in [0.1, 0.15) is 35.3 Å². The van der Waals surface area contributed by atoms with Crippen molar-refractivity contribution >= 4 is 23.3 Å². The Labute approximate surface area is 121 Å². The van der Waals surface area contributed by atoms with E-state index in [1.807, 2.05) is 13.8 Å². The lowest BCUT2D eigenvalue weighted by atomic mass is 9.96. The number of thiazole rings is 1. The average molecular weight is 297 g/mol.